The zero-order valence-electron chi connectivity index (χ0n) is 11.9. The normalized spacial score (nSPS) is 12.4. The van der Waals surface area contributed by atoms with Crippen LogP contribution in [-0.4, -0.2) is 71.1 Å². The summed E-state index contributed by atoms with van der Waals surface area (Å²) in [5.74, 6) is 0.541. The molecule has 7 heteroatoms. The molecule has 0 aliphatic heterocycles. The quantitative estimate of drug-likeness (QED) is 0.652. The predicted molar refractivity (Wildman–Crippen MR) is 77.5 cm³/mol. The Balaban J connectivity index is 2.39. The monoisotopic (exact) mass is 452 g/mol. The topological polar surface area (TPSA) is 72.9 Å². The van der Waals surface area contributed by atoms with Gasteiger partial charge in [-0.1, -0.05) is 0 Å². The molecule has 0 fully saturated rings. The third-order valence-electron chi connectivity index (χ3n) is 2.91. The van der Waals surface area contributed by atoms with E-state index in [1.54, 1.807) is 0 Å². The Labute approximate surface area is 129 Å². The standard InChI is InChI=1S/C12H19N6.Tl/c1-12(2,6-17(3)4)7-18-11-9(5-16-18)10(13)14-8-15-11;/h8H,6-7H2,1-4H3,(H2,13,14,15);. The SMILES string of the molecule is CN(C)CC(C)(C)Cn1n[c]([Tl])c2c(N)ncnc21. The van der Waals surface area contributed by atoms with Crippen molar-refractivity contribution in [1.82, 2.24) is 24.6 Å². The molecule has 100 valence electrons. The van der Waals surface area contributed by atoms with Crippen LogP contribution in [-0.2, 0) is 6.54 Å². The molecule has 2 N–H and O–H groups in total. The van der Waals surface area contributed by atoms with Crippen LogP contribution >= 0.6 is 0 Å². The molecule has 2 heterocycles. The number of rotatable bonds is 4. The second kappa shape index (κ2) is 5.31. The molecule has 0 amide bonds. The summed E-state index contributed by atoms with van der Waals surface area (Å²) in [6, 6.07) is 0. The second-order valence-electron chi connectivity index (χ2n) is 5.90. The summed E-state index contributed by atoms with van der Waals surface area (Å²) in [4.78, 5) is 10.6. The van der Waals surface area contributed by atoms with Gasteiger partial charge < -0.3 is 0 Å². The van der Waals surface area contributed by atoms with E-state index in [9.17, 15) is 0 Å². The van der Waals surface area contributed by atoms with E-state index in [-0.39, 0.29) is 5.41 Å². The van der Waals surface area contributed by atoms with Crippen molar-refractivity contribution in [3.63, 3.8) is 0 Å². The Hall–Kier alpha value is -0.768. The van der Waals surface area contributed by atoms with Crippen molar-refractivity contribution in [2.75, 3.05) is 26.4 Å². The molecule has 0 aliphatic carbocycles. The molecular weight excluding hydrogens is 433 g/mol. The summed E-state index contributed by atoms with van der Waals surface area (Å²) in [6.07, 6.45) is 1.51. The first-order valence-electron chi connectivity index (χ1n) is 6.17. The number of hydrogen-bond acceptors (Lipinski definition) is 5. The van der Waals surface area contributed by atoms with Gasteiger partial charge in [0.25, 0.3) is 0 Å². The fraction of sp³-hybridized carbons (Fsp3) is 0.583. The van der Waals surface area contributed by atoms with Crippen molar-refractivity contribution in [3.05, 3.63) is 6.33 Å². The minimum absolute atomic E-state index is 0.124. The first-order valence-corrected chi connectivity index (χ1v) is 8.42. The Morgan fingerprint density at radius 3 is 2.68 bits per heavy atom. The van der Waals surface area contributed by atoms with Gasteiger partial charge in [-0.2, -0.15) is 0 Å². The first-order chi connectivity index (χ1) is 8.80. The van der Waals surface area contributed by atoms with E-state index in [0.717, 1.165) is 27.4 Å². The molecule has 0 aromatic carbocycles. The van der Waals surface area contributed by atoms with Crippen LogP contribution in [0.1, 0.15) is 13.8 Å². The van der Waals surface area contributed by atoms with Crippen LogP contribution in [0.3, 0.4) is 0 Å². The van der Waals surface area contributed by atoms with Crippen LogP contribution in [0.15, 0.2) is 6.33 Å². The van der Waals surface area contributed by atoms with Crippen molar-refractivity contribution < 1.29 is 0 Å². The summed E-state index contributed by atoms with van der Waals surface area (Å²) in [5.41, 5.74) is 6.91. The van der Waals surface area contributed by atoms with Gasteiger partial charge >= 0.3 is 129 Å². The molecule has 2 aromatic rings. The van der Waals surface area contributed by atoms with E-state index in [4.69, 9.17) is 5.73 Å². The number of hydrogen-bond donors (Lipinski definition) is 1. The molecule has 0 unspecified atom stereocenters. The van der Waals surface area contributed by atoms with E-state index in [1.165, 1.54) is 6.33 Å². The van der Waals surface area contributed by atoms with Gasteiger partial charge in [0.05, 0.1) is 0 Å². The van der Waals surface area contributed by atoms with Crippen LogP contribution < -0.4 is 8.99 Å². The zero-order chi connectivity index (χ0) is 14.2. The Kier molecular flexibility index (Phi) is 4.09. The van der Waals surface area contributed by atoms with E-state index in [2.05, 4.69) is 47.9 Å². The van der Waals surface area contributed by atoms with Crippen LogP contribution in [0, 0.1) is 5.41 Å². The van der Waals surface area contributed by atoms with Crippen LogP contribution in [0.2, 0.25) is 0 Å². The maximum absolute atomic E-state index is 5.93. The number of nitrogen functional groups attached to an aromatic ring is 1. The third kappa shape index (κ3) is 3.22. The molecule has 0 spiro atoms. The zero-order valence-corrected chi connectivity index (χ0v) is 16.4. The minimum atomic E-state index is 0.124. The second-order valence-corrected chi connectivity index (χ2v) is 8.03. The molecule has 2 rings (SSSR count). The van der Waals surface area contributed by atoms with Gasteiger partial charge in [-0.3, -0.25) is 0 Å². The average Bonchev–Trinajstić information content (AvgIpc) is 2.54. The van der Waals surface area contributed by atoms with Crippen LogP contribution in [0.4, 0.5) is 5.82 Å². The number of fused-ring (bicyclic) bond motifs is 1. The summed E-state index contributed by atoms with van der Waals surface area (Å²) in [7, 11) is 4.17. The van der Waals surface area contributed by atoms with E-state index in [0.29, 0.717) is 31.6 Å². The Morgan fingerprint density at radius 1 is 1.37 bits per heavy atom. The van der Waals surface area contributed by atoms with Gasteiger partial charge in [0.15, 0.2) is 0 Å². The van der Waals surface area contributed by atoms with Gasteiger partial charge in [0, 0.05) is 0 Å². The molecule has 0 saturated heterocycles. The van der Waals surface area contributed by atoms with E-state index in [1.807, 2.05) is 4.68 Å². The molecule has 0 radical (unpaired) electrons. The number of anilines is 1. The summed E-state index contributed by atoms with van der Waals surface area (Å²) >= 11 is 0.624. The molecule has 0 atom stereocenters. The fourth-order valence-corrected chi connectivity index (χ4v) is 4.10. The Morgan fingerprint density at radius 2 is 2.05 bits per heavy atom. The molecule has 6 nitrogen and oxygen atoms in total. The molecule has 2 aromatic heterocycles. The summed E-state index contributed by atoms with van der Waals surface area (Å²) in [5, 5.41) is 5.57. The molecule has 0 aliphatic rings. The van der Waals surface area contributed by atoms with Crippen molar-refractivity contribution in [2.45, 2.75) is 20.4 Å². The van der Waals surface area contributed by atoms with Crippen molar-refractivity contribution >= 4 is 45.9 Å². The van der Waals surface area contributed by atoms with Gasteiger partial charge in [-0.15, -0.1) is 0 Å². The molecule has 0 bridgehead atoms. The summed E-state index contributed by atoms with van der Waals surface area (Å²) in [6.45, 7) is 6.29. The number of aromatic nitrogens is 4. The van der Waals surface area contributed by atoms with Crippen molar-refractivity contribution in [3.8, 4) is 0 Å². The molecule has 19 heavy (non-hydrogen) atoms. The van der Waals surface area contributed by atoms with Crippen molar-refractivity contribution in [1.29, 1.82) is 0 Å². The first kappa shape index (κ1) is 14.6. The summed E-state index contributed by atoms with van der Waals surface area (Å²) < 4.78 is 3.03. The van der Waals surface area contributed by atoms with Gasteiger partial charge in [-0.25, -0.2) is 0 Å². The molecule has 0 saturated carbocycles. The van der Waals surface area contributed by atoms with Gasteiger partial charge in [-0.05, 0) is 0 Å². The van der Waals surface area contributed by atoms with E-state index >= 15 is 0 Å². The third-order valence-corrected chi connectivity index (χ3v) is 4.48. The maximum atomic E-state index is 5.93. The van der Waals surface area contributed by atoms with Gasteiger partial charge in [0.2, 0.25) is 0 Å². The average molecular weight is 452 g/mol. The van der Waals surface area contributed by atoms with Crippen molar-refractivity contribution in [2.24, 2.45) is 5.41 Å². The number of nitrogens with zero attached hydrogens (tertiary/aromatic N) is 5. The van der Waals surface area contributed by atoms with Gasteiger partial charge in [0.1, 0.15) is 0 Å². The van der Waals surface area contributed by atoms with Crippen LogP contribution in [0.25, 0.3) is 11.0 Å². The molecular formula is C12H19N6Tl. The van der Waals surface area contributed by atoms with Crippen LogP contribution in [0.5, 0.6) is 0 Å². The predicted octanol–water partition coefficient (Wildman–Crippen LogP) is -0.210. The fourth-order valence-electron chi connectivity index (χ4n) is 2.48. The number of nitrogens with two attached hydrogens (primary N) is 1. The Bertz CT molecular complexity index is 589. The van der Waals surface area contributed by atoms with E-state index < -0.39 is 0 Å².